The molecule has 0 N–H and O–H groups in total. The molecule has 71 heavy (non-hydrogen) atoms. The van der Waals surface area contributed by atoms with Crippen LogP contribution in [-0.2, 0) is 31.9 Å². The van der Waals surface area contributed by atoms with Gasteiger partial charge in [0.05, 0.1) is 0 Å². The Morgan fingerprint density at radius 2 is 1.21 bits per heavy atom. The fourth-order valence-electron chi connectivity index (χ4n) is 9.93. The molecule has 0 amide bonds. The molecule has 2 aromatic heterocycles. The molecule has 5 nitrogen and oxygen atoms in total. The maximum Gasteiger partial charge on any atom is 0.135 e. The summed E-state index contributed by atoms with van der Waals surface area (Å²) in [4.78, 5) is 9.53. The zero-order valence-electron chi connectivity index (χ0n) is 43.3. The zero-order valence-corrected chi connectivity index (χ0v) is 45.5. The summed E-state index contributed by atoms with van der Waals surface area (Å²) in [5, 5.41) is 2.23. The summed E-state index contributed by atoms with van der Waals surface area (Å²) in [5.74, 6) is 3.24. The number of nitrogens with zero attached hydrogens (tertiary/aromatic N) is 4. The molecule has 7 aromatic carbocycles. The van der Waals surface area contributed by atoms with Gasteiger partial charge in [0, 0.05) is 61.3 Å². The molecular formula is C65H65N4OPt-3. The van der Waals surface area contributed by atoms with Gasteiger partial charge in [0.1, 0.15) is 5.82 Å². The number of hydrogen-bond acceptors (Lipinski definition) is 4. The largest absolute Gasteiger partial charge is 0.509 e. The summed E-state index contributed by atoms with van der Waals surface area (Å²) in [6, 6.07) is 60.2. The Hall–Kier alpha value is -6.42. The van der Waals surface area contributed by atoms with Crippen LogP contribution in [0.5, 0.6) is 11.5 Å². The molecule has 9 aromatic rings. The molecular weight excluding hydrogens is 1050 g/mol. The van der Waals surface area contributed by atoms with Crippen molar-refractivity contribution in [1.29, 1.82) is 0 Å². The number of ether oxygens (including phenoxy) is 1. The second kappa shape index (κ2) is 19.3. The van der Waals surface area contributed by atoms with Gasteiger partial charge in [0.25, 0.3) is 0 Å². The minimum Gasteiger partial charge on any atom is -0.509 e. The molecule has 1 aliphatic heterocycles. The summed E-state index contributed by atoms with van der Waals surface area (Å²) in [6.45, 7) is 29.7. The Labute approximate surface area is 436 Å². The fourth-order valence-corrected chi connectivity index (χ4v) is 9.93. The molecule has 0 fully saturated rings. The van der Waals surface area contributed by atoms with Gasteiger partial charge in [-0.1, -0.05) is 167 Å². The van der Waals surface area contributed by atoms with Crippen molar-refractivity contribution in [3.8, 4) is 39.6 Å². The van der Waals surface area contributed by atoms with Crippen molar-refractivity contribution in [2.75, 3.05) is 9.80 Å². The third-order valence-electron chi connectivity index (χ3n) is 14.0. The van der Waals surface area contributed by atoms with Crippen LogP contribution in [0.1, 0.15) is 129 Å². The Balaban J connectivity index is 0.00000624. The monoisotopic (exact) mass is 1110 g/mol. The minimum atomic E-state index is -0.0684. The van der Waals surface area contributed by atoms with Crippen molar-refractivity contribution in [2.24, 2.45) is 0 Å². The van der Waals surface area contributed by atoms with E-state index in [1.165, 1.54) is 38.9 Å². The van der Waals surface area contributed by atoms with Crippen LogP contribution in [0.2, 0.25) is 0 Å². The van der Waals surface area contributed by atoms with Crippen molar-refractivity contribution in [2.45, 2.75) is 112 Å². The first-order chi connectivity index (χ1) is 33.4. The van der Waals surface area contributed by atoms with E-state index in [1.807, 2.05) is 12.3 Å². The van der Waals surface area contributed by atoms with E-state index in [2.05, 4.69) is 256 Å². The van der Waals surface area contributed by atoms with E-state index >= 15 is 0 Å². The van der Waals surface area contributed by atoms with E-state index in [1.54, 1.807) is 0 Å². The maximum absolute atomic E-state index is 6.94. The molecule has 0 spiro atoms. The Bertz CT molecular complexity index is 3380. The predicted molar refractivity (Wildman–Crippen MR) is 295 cm³/mol. The minimum absolute atomic E-state index is 0. The van der Waals surface area contributed by atoms with Crippen LogP contribution >= 0.6 is 0 Å². The molecule has 3 heterocycles. The molecule has 10 rings (SSSR count). The number of para-hydroxylation sites is 1. The van der Waals surface area contributed by atoms with Crippen molar-refractivity contribution < 1.29 is 25.8 Å². The second-order valence-electron chi connectivity index (χ2n) is 22.1. The van der Waals surface area contributed by atoms with Gasteiger partial charge in [-0.15, -0.1) is 53.6 Å². The average molecular weight is 1110 g/mol. The van der Waals surface area contributed by atoms with Gasteiger partial charge in [0.2, 0.25) is 0 Å². The van der Waals surface area contributed by atoms with Crippen LogP contribution in [0.15, 0.2) is 152 Å². The van der Waals surface area contributed by atoms with Gasteiger partial charge in [-0.05, 0) is 121 Å². The number of hydrogen-bond donors (Lipinski definition) is 0. The van der Waals surface area contributed by atoms with Crippen molar-refractivity contribution in [3.05, 3.63) is 198 Å². The predicted octanol–water partition coefficient (Wildman–Crippen LogP) is 18.3. The maximum atomic E-state index is 6.94. The number of rotatable bonds is 10. The Morgan fingerprint density at radius 3 is 1.90 bits per heavy atom. The van der Waals surface area contributed by atoms with Crippen LogP contribution in [-0.4, -0.2) is 9.55 Å². The number of anilines is 4. The van der Waals surface area contributed by atoms with Crippen molar-refractivity contribution >= 4 is 44.6 Å². The van der Waals surface area contributed by atoms with E-state index in [9.17, 15) is 0 Å². The van der Waals surface area contributed by atoms with Gasteiger partial charge in [0.15, 0.2) is 0 Å². The number of aromatic nitrogens is 2. The van der Waals surface area contributed by atoms with Crippen LogP contribution in [0, 0.1) is 18.8 Å². The summed E-state index contributed by atoms with van der Waals surface area (Å²) in [5.41, 5.74) is 17.4. The van der Waals surface area contributed by atoms with E-state index < -0.39 is 0 Å². The Kier molecular flexibility index (Phi) is 13.5. The van der Waals surface area contributed by atoms with Crippen molar-refractivity contribution in [1.82, 2.24) is 9.55 Å². The third kappa shape index (κ3) is 9.59. The standard InChI is InChI=1S/C65H65N4O.Pt/c1-41(2)46-34-56(42(3)4)63(57(35-46)43(5)6)45-21-18-22-50(31-45)67-40-68(61-36-48(64(7,8)9)25-28-59(61)67)51-32-47(44-19-14-13-15-20-44)33-53(38-51)70-52-26-27-55-54-23-16-17-24-58(54)69(60(55)39-52)62-37-49(29-30-66-62)65(10,11)12;/h13-37,40-43H,1-12H3;/q-3;. The zero-order chi connectivity index (χ0) is 49.2. The topological polar surface area (TPSA) is 33.5 Å². The first-order valence-corrected chi connectivity index (χ1v) is 25.0. The van der Waals surface area contributed by atoms with Gasteiger partial charge >= 0.3 is 0 Å². The number of fused-ring (bicyclic) bond motifs is 4. The van der Waals surface area contributed by atoms with Crippen LogP contribution in [0.4, 0.5) is 22.7 Å². The van der Waals surface area contributed by atoms with E-state index in [4.69, 9.17) is 9.72 Å². The number of benzene rings is 7. The van der Waals surface area contributed by atoms with E-state index in [0.717, 1.165) is 61.5 Å². The van der Waals surface area contributed by atoms with Crippen LogP contribution in [0.3, 0.4) is 0 Å². The first-order valence-electron chi connectivity index (χ1n) is 25.0. The molecule has 6 heteroatoms. The third-order valence-corrected chi connectivity index (χ3v) is 14.0. The average Bonchev–Trinajstić information content (AvgIpc) is 3.89. The van der Waals surface area contributed by atoms with Crippen LogP contribution < -0.4 is 14.5 Å². The quantitative estimate of drug-likeness (QED) is 0.128. The van der Waals surface area contributed by atoms with Gasteiger partial charge in [-0.3, -0.25) is 0 Å². The molecule has 0 saturated heterocycles. The smallest absolute Gasteiger partial charge is 0.135 e. The Morgan fingerprint density at radius 1 is 0.535 bits per heavy atom. The summed E-state index contributed by atoms with van der Waals surface area (Å²) in [7, 11) is 0. The molecule has 1 aliphatic rings. The molecule has 0 aliphatic carbocycles. The first kappa shape index (κ1) is 49.6. The summed E-state index contributed by atoms with van der Waals surface area (Å²) in [6.07, 6.45) is 1.91. The van der Waals surface area contributed by atoms with E-state index in [0.29, 0.717) is 29.3 Å². The summed E-state index contributed by atoms with van der Waals surface area (Å²) < 4.78 is 9.15. The normalized spacial score (nSPS) is 12.9. The molecule has 0 atom stereocenters. The second-order valence-corrected chi connectivity index (χ2v) is 22.1. The molecule has 0 radical (unpaired) electrons. The molecule has 0 unspecified atom stereocenters. The molecule has 0 saturated carbocycles. The fraction of sp³-hybridized carbons (Fsp3) is 0.262. The van der Waals surface area contributed by atoms with Gasteiger partial charge in [-0.2, -0.15) is 6.07 Å². The number of pyridine rings is 1. The van der Waals surface area contributed by atoms with E-state index in [-0.39, 0.29) is 31.9 Å². The van der Waals surface area contributed by atoms with Gasteiger partial charge < -0.3 is 19.1 Å². The molecule has 0 bridgehead atoms. The SMILES string of the molecule is CC(C)c1cc(C(C)C)c(-c2cccc(N3[CH-]N(c4[c-]c(Oc5[c-]c6c(cc5)c5ccccc5n6-c5cc(C(C)(C)C)ccn5)cc(-c5ccccc5)c4)c4cc(C(C)(C)C)ccc43)c2)c(C(C)C)c1.[Pt]. The van der Waals surface area contributed by atoms with Gasteiger partial charge in [-0.25, -0.2) is 4.98 Å². The van der Waals surface area contributed by atoms with Crippen LogP contribution in [0.25, 0.3) is 49.9 Å². The summed E-state index contributed by atoms with van der Waals surface area (Å²) >= 11 is 0. The molecule has 364 valence electrons. The van der Waals surface area contributed by atoms with Crippen molar-refractivity contribution in [3.63, 3.8) is 0 Å².